The van der Waals surface area contributed by atoms with E-state index in [9.17, 15) is 4.79 Å². The minimum atomic E-state index is -0.128. The molecular weight excluding hydrogens is 246 g/mol. The molecule has 0 bridgehead atoms. The molecule has 1 aromatic carbocycles. The fourth-order valence-corrected chi connectivity index (χ4v) is 2.08. The zero-order valence-electron chi connectivity index (χ0n) is 10.4. The summed E-state index contributed by atoms with van der Waals surface area (Å²) in [7, 11) is 0. The van der Waals surface area contributed by atoms with Crippen LogP contribution in [0.3, 0.4) is 0 Å². The van der Waals surface area contributed by atoms with Crippen molar-refractivity contribution in [3.8, 4) is 0 Å². The molecule has 2 rings (SSSR count). The van der Waals surface area contributed by atoms with Gasteiger partial charge in [-0.1, -0.05) is 35.7 Å². The van der Waals surface area contributed by atoms with Crippen LogP contribution < -0.4 is 5.32 Å². The second kappa shape index (κ2) is 5.73. The first kappa shape index (κ1) is 12.7. The van der Waals surface area contributed by atoms with Crippen LogP contribution in [0.4, 0.5) is 0 Å². The summed E-state index contributed by atoms with van der Waals surface area (Å²) in [6.07, 6.45) is 2.50. The van der Waals surface area contributed by atoms with Crippen LogP contribution >= 0.6 is 11.5 Å². The number of aromatic nitrogens is 2. The number of amides is 1. The molecule has 1 heterocycles. The standard InChI is InChI=1S/C13H15N3OS/c1-3-10-4-6-11(7-5-10)9(2)15-13(17)12-8-14-16-18-12/h4-9H,3H2,1-2H3,(H,15,17). The van der Waals surface area contributed by atoms with E-state index in [0.29, 0.717) is 4.88 Å². The molecule has 4 nitrogen and oxygen atoms in total. The molecule has 0 radical (unpaired) electrons. The molecule has 94 valence electrons. The van der Waals surface area contributed by atoms with E-state index in [-0.39, 0.29) is 11.9 Å². The van der Waals surface area contributed by atoms with Gasteiger partial charge in [0.1, 0.15) is 4.88 Å². The normalized spacial score (nSPS) is 12.1. The van der Waals surface area contributed by atoms with Crippen molar-refractivity contribution in [1.82, 2.24) is 14.9 Å². The second-order valence-corrected chi connectivity index (χ2v) is 4.86. The van der Waals surface area contributed by atoms with Crippen molar-refractivity contribution >= 4 is 17.4 Å². The quantitative estimate of drug-likeness (QED) is 0.920. The van der Waals surface area contributed by atoms with Crippen molar-refractivity contribution in [1.29, 1.82) is 0 Å². The summed E-state index contributed by atoms with van der Waals surface area (Å²) in [5.74, 6) is -0.128. The van der Waals surface area contributed by atoms with Crippen LogP contribution in [-0.2, 0) is 6.42 Å². The van der Waals surface area contributed by atoms with Crippen molar-refractivity contribution in [3.05, 3.63) is 46.5 Å². The molecule has 0 spiro atoms. The van der Waals surface area contributed by atoms with Gasteiger partial charge in [0.15, 0.2) is 0 Å². The third kappa shape index (κ3) is 2.92. The van der Waals surface area contributed by atoms with E-state index in [0.717, 1.165) is 23.5 Å². The Morgan fingerprint density at radius 3 is 2.67 bits per heavy atom. The molecule has 0 aliphatic rings. The van der Waals surface area contributed by atoms with Gasteiger partial charge in [-0.2, -0.15) is 0 Å². The van der Waals surface area contributed by atoms with Gasteiger partial charge in [0.2, 0.25) is 0 Å². The Balaban J connectivity index is 2.02. The molecule has 1 atom stereocenters. The number of rotatable bonds is 4. The molecule has 0 fully saturated rings. The summed E-state index contributed by atoms with van der Waals surface area (Å²) in [5.41, 5.74) is 2.39. The number of aryl methyl sites for hydroxylation is 1. The summed E-state index contributed by atoms with van der Waals surface area (Å²) in [4.78, 5) is 12.4. The number of hydrogen-bond acceptors (Lipinski definition) is 4. The maximum atomic E-state index is 11.8. The van der Waals surface area contributed by atoms with E-state index in [1.165, 1.54) is 11.8 Å². The maximum Gasteiger partial charge on any atom is 0.265 e. The lowest BCUT2D eigenvalue weighted by molar-refractivity contribution is 0.0944. The van der Waals surface area contributed by atoms with Crippen LogP contribution in [0.2, 0.25) is 0 Å². The van der Waals surface area contributed by atoms with Crippen molar-refractivity contribution < 1.29 is 4.79 Å². The lowest BCUT2D eigenvalue weighted by atomic mass is 10.1. The fourth-order valence-electron chi connectivity index (χ4n) is 1.66. The number of carbonyl (C=O) groups is 1. The predicted molar refractivity (Wildman–Crippen MR) is 71.6 cm³/mol. The summed E-state index contributed by atoms with van der Waals surface area (Å²) in [6, 6.07) is 8.26. The number of nitrogens with zero attached hydrogens (tertiary/aromatic N) is 2. The number of hydrogen-bond donors (Lipinski definition) is 1. The van der Waals surface area contributed by atoms with Crippen molar-refractivity contribution in [2.75, 3.05) is 0 Å². The predicted octanol–water partition coefficient (Wildman–Crippen LogP) is 2.59. The molecule has 1 amide bonds. The molecule has 0 aliphatic heterocycles. The molecule has 18 heavy (non-hydrogen) atoms. The monoisotopic (exact) mass is 261 g/mol. The van der Waals surface area contributed by atoms with Gasteiger partial charge in [-0.05, 0) is 36.0 Å². The van der Waals surface area contributed by atoms with Gasteiger partial charge in [-0.15, -0.1) is 5.10 Å². The van der Waals surface area contributed by atoms with Gasteiger partial charge in [0, 0.05) is 0 Å². The summed E-state index contributed by atoms with van der Waals surface area (Å²) in [5, 5.41) is 6.58. The van der Waals surface area contributed by atoms with Gasteiger partial charge in [-0.3, -0.25) is 4.79 Å². The summed E-state index contributed by atoms with van der Waals surface area (Å²) in [6.45, 7) is 4.09. The smallest absolute Gasteiger partial charge is 0.265 e. The SMILES string of the molecule is CCc1ccc(C(C)NC(=O)c2cnns2)cc1. The highest BCUT2D eigenvalue weighted by Crippen LogP contribution is 2.15. The van der Waals surface area contributed by atoms with Crippen molar-refractivity contribution in [2.24, 2.45) is 0 Å². The van der Waals surface area contributed by atoms with Crippen LogP contribution in [0.25, 0.3) is 0 Å². The maximum absolute atomic E-state index is 11.8. The Labute approximate surface area is 110 Å². The van der Waals surface area contributed by atoms with E-state index in [2.05, 4.69) is 46.1 Å². The third-order valence-corrected chi connectivity index (χ3v) is 3.48. The van der Waals surface area contributed by atoms with Crippen molar-refractivity contribution in [2.45, 2.75) is 26.3 Å². The van der Waals surface area contributed by atoms with Gasteiger partial charge in [0.05, 0.1) is 12.2 Å². The fraction of sp³-hybridized carbons (Fsp3) is 0.308. The number of benzene rings is 1. The highest BCUT2D eigenvalue weighted by atomic mass is 32.1. The molecular formula is C13H15N3OS. The minimum Gasteiger partial charge on any atom is -0.345 e. The van der Waals surface area contributed by atoms with Crippen LogP contribution in [-0.4, -0.2) is 15.5 Å². The highest BCUT2D eigenvalue weighted by Gasteiger charge is 2.12. The Morgan fingerprint density at radius 1 is 1.39 bits per heavy atom. The first-order valence-electron chi connectivity index (χ1n) is 5.87. The van der Waals surface area contributed by atoms with Crippen LogP contribution in [0.5, 0.6) is 0 Å². The molecule has 1 aromatic heterocycles. The number of nitrogens with one attached hydrogen (secondary N) is 1. The van der Waals surface area contributed by atoms with E-state index in [1.807, 2.05) is 6.92 Å². The van der Waals surface area contributed by atoms with Gasteiger partial charge in [-0.25, -0.2) is 0 Å². The van der Waals surface area contributed by atoms with Gasteiger partial charge >= 0.3 is 0 Å². The van der Waals surface area contributed by atoms with Crippen molar-refractivity contribution in [3.63, 3.8) is 0 Å². The molecule has 0 aliphatic carbocycles. The molecule has 5 heteroatoms. The summed E-state index contributed by atoms with van der Waals surface area (Å²) < 4.78 is 3.68. The zero-order chi connectivity index (χ0) is 13.0. The van der Waals surface area contributed by atoms with Crippen LogP contribution in [0.15, 0.2) is 30.5 Å². The largest absolute Gasteiger partial charge is 0.345 e. The highest BCUT2D eigenvalue weighted by molar-refractivity contribution is 7.07. The van der Waals surface area contributed by atoms with Gasteiger partial charge < -0.3 is 5.32 Å². The Kier molecular flexibility index (Phi) is 4.04. The van der Waals surface area contributed by atoms with E-state index in [1.54, 1.807) is 0 Å². The Hall–Kier alpha value is -1.75. The Morgan fingerprint density at radius 2 is 2.11 bits per heavy atom. The van der Waals surface area contributed by atoms with Crippen LogP contribution in [0, 0.1) is 0 Å². The van der Waals surface area contributed by atoms with E-state index in [4.69, 9.17) is 0 Å². The second-order valence-electron chi connectivity index (χ2n) is 4.07. The minimum absolute atomic E-state index is 0.0227. The first-order chi connectivity index (χ1) is 8.70. The molecule has 0 saturated carbocycles. The average Bonchev–Trinajstić information content (AvgIpc) is 2.92. The first-order valence-corrected chi connectivity index (χ1v) is 6.65. The van der Waals surface area contributed by atoms with Crippen LogP contribution in [0.1, 0.15) is 40.7 Å². The average molecular weight is 261 g/mol. The lowest BCUT2D eigenvalue weighted by Gasteiger charge is -2.13. The third-order valence-electron chi connectivity index (χ3n) is 2.82. The molecule has 1 N–H and O–H groups in total. The topological polar surface area (TPSA) is 54.9 Å². The number of carbonyl (C=O) groups excluding carboxylic acids is 1. The van der Waals surface area contributed by atoms with E-state index < -0.39 is 0 Å². The summed E-state index contributed by atoms with van der Waals surface area (Å²) >= 11 is 1.10. The van der Waals surface area contributed by atoms with E-state index >= 15 is 0 Å². The molecule has 2 aromatic rings. The molecule has 0 saturated heterocycles. The molecule has 1 unspecified atom stereocenters. The van der Waals surface area contributed by atoms with Gasteiger partial charge in [0.25, 0.3) is 5.91 Å². The zero-order valence-corrected chi connectivity index (χ0v) is 11.2. The Bertz CT molecular complexity index is 508. The lowest BCUT2D eigenvalue weighted by Crippen LogP contribution is -2.25.